The molecule has 0 saturated heterocycles. The fourth-order valence-corrected chi connectivity index (χ4v) is 3.96. The summed E-state index contributed by atoms with van der Waals surface area (Å²) < 4.78 is 16.4. The van der Waals surface area contributed by atoms with E-state index in [0.717, 1.165) is 54.6 Å². The van der Waals surface area contributed by atoms with Gasteiger partial charge in [-0.25, -0.2) is 4.79 Å². The van der Waals surface area contributed by atoms with Crippen LogP contribution in [0.4, 0.5) is 0 Å². The van der Waals surface area contributed by atoms with Crippen LogP contribution < -0.4 is 4.74 Å². The summed E-state index contributed by atoms with van der Waals surface area (Å²) >= 11 is 0. The summed E-state index contributed by atoms with van der Waals surface area (Å²) in [7, 11) is 1.62. The standard InChI is InChI=1S/C28H36O5/c1-5-7-8-12-15-25(28(33-21(3)29)23-13-10-9-11-14-23)26(20-27(30)32-6-2)22-16-18-24(31-4)19-17-22/h9-11,13-14,16-20,25,28H,5-8,12,15H2,1-4H3/b26-20+/t25-,28-/m0/s1. The van der Waals surface area contributed by atoms with E-state index in [-0.39, 0.29) is 11.9 Å². The molecule has 2 aromatic rings. The predicted molar refractivity (Wildman–Crippen MR) is 131 cm³/mol. The van der Waals surface area contributed by atoms with E-state index in [1.807, 2.05) is 54.6 Å². The molecule has 0 aliphatic heterocycles. The maximum atomic E-state index is 12.6. The maximum Gasteiger partial charge on any atom is 0.331 e. The summed E-state index contributed by atoms with van der Waals surface area (Å²) in [6, 6.07) is 17.3. The van der Waals surface area contributed by atoms with E-state index in [0.29, 0.717) is 6.61 Å². The molecule has 0 aliphatic carbocycles. The van der Waals surface area contributed by atoms with Crippen LogP contribution in [0.15, 0.2) is 60.7 Å². The summed E-state index contributed by atoms with van der Waals surface area (Å²) in [5, 5.41) is 0. The minimum Gasteiger partial charge on any atom is -0.497 e. The van der Waals surface area contributed by atoms with E-state index in [9.17, 15) is 9.59 Å². The number of ether oxygens (including phenoxy) is 3. The number of carbonyl (C=O) groups is 2. The van der Waals surface area contributed by atoms with Crippen LogP contribution >= 0.6 is 0 Å². The Kier molecular flexibility index (Phi) is 11.2. The molecule has 178 valence electrons. The van der Waals surface area contributed by atoms with E-state index >= 15 is 0 Å². The molecule has 5 nitrogen and oxygen atoms in total. The molecule has 0 unspecified atom stereocenters. The van der Waals surface area contributed by atoms with Gasteiger partial charge in [0.2, 0.25) is 0 Å². The average Bonchev–Trinajstić information content (AvgIpc) is 2.82. The molecule has 0 saturated carbocycles. The van der Waals surface area contributed by atoms with Crippen molar-refractivity contribution >= 4 is 17.5 Å². The smallest absolute Gasteiger partial charge is 0.331 e. The zero-order valence-electron chi connectivity index (χ0n) is 20.2. The fraction of sp³-hybridized carbons (Fsp3) is 0.429. The van der Waals surface area contributed by atoms with Gasteiger partial charge in [0.25, 0.3) is 0 Å². The van der Waals surface area contributed by atoms with Crippen LogP contribution in [-0.4, -0.2) is 25.7 Å². The average molecular weight is 453 g/mol. The van der Waals surface area contributed by atoms with Crippen molar-refractivity contribution in [3.05, 3.63) is 71.8 Å². The zero-order valence-corrected chi connectivity index (χ0v) is 20.2. The van der Waals surface area contributed by atoms with E-state index in [1.165, 1.54) is 6.92 Å². The van der Waals surface area contributed by atoms with Crippen molar-refractivity contribution in [2.45, 2.75) is 59.0 Å². The number of carbonyl (C=O) groups excluding carboxylic acids is 2. The highest BCUT2D eigenvalue weighted by atomic mass is 16.5. The Morgan fingerprint density at radius 3 is 2.21 bits per heavy atom. The quantitative estimate of drug-likeness (QED) is 0.196. The lowest BCUT2D eigenvalue weighted by Gasteiger charge is -2.30. The highest BCUT2D eigenvalue weighted by Gasteiger charge is 2.30. The molecule has 0 spiro atoms. The van der Waals surface area contributed by atoms with Crippen LogP contribution in [0, 0.1) is 5.92 Å². The van der Waals surface area contributed by atoms with Crippen molar-refractivity contribution in [3.63, 3.8) is 0 Å². The van der Waals surface area contributed by atoms with E-state index < -0.39 is 12.1 Å². The van der Waals surface area contributed by atoms with Crippen molar-refractivity contribution in [2.75, 3.05) is 13.7 Å². The van der Waals surface area contributed by atoms with Gasteiger partial charge in [-0.1, -0.05) is 75.1 Å². The normalized spacial score (nSPS) is 13.2. The van der Waals surface area contributed by atoms with Gasteiger partial charge in [-0.15, -0.1) is 0 Å². The van der Waals surface area contributed by atoms with Crippen LogP contribution in [0.25, 0.3) is 5.57 Å². The molecule has 33 heavy (non-hydrogen) atoms. The van der Waals surface area contributed by atoms with Gasteiger partial charge in [-0.3, -0.25) is 4.79 Å². The lowest BCUT2D eigenvalue weighted by molar-refractivity contribution is -0.148. The Balaban J connectivity index is 2.58. The lowest BCUT2D eigenvalue weighted by Crippen LogP contribution is -2.21. The van der Waals surface area contributed by atoms with Gasteiger partial charge in [0.05, 0.1) is 13.7 Å². The van der Waals surface area contributed by atoms with Gasteiger partial charge in [0, 0.05) is 18.9 Å². The highest BCUT2D eigenvalue weighted by molar-refractivity contribution is 5.92. The molecule has 0 amide bonds. The summed E-state index contributed by atoms with van der Waals surface area (Å²) in [5.74, 6) is -0.247. The zero-order chi connectivity index (χ0) is 24.1. The first-order chi connectivity index (χ1) is 16.0. The Morgan fingerprint density at radius 1 is 0.939 bits per heavy atom. The van der Waals surface area contributed by atoms with Crippen molar-refractivity contribution in [2.24, 2.45) is 5.92 Å². The molecule has 0 N–H and O–H groups in total. The molecule has 2 aromatic carbocycles. The van der Waals surface area contributed by atoms with Crippen molar-refractivity contribution in [1.29, 1.82) is 0 Å². The first-order valence-electron chi connectivity index (χ1n) is 11.7. The second-order valence-corrected chi connectivity index (χ2v) is 7.98. The minimum atomic E-state index is -0.520. The number of rotatable bonds is 13. The van der Waals surface area contributed by atoms with Crippen LogP contribution in [0.3, 0.4) is 0 Å². The van der Waals surface area contributed by atoms with Crippen molar-refractivity contribution in [1.82, 2.24) is 0 Å². The second kappa shape index (κ2) is 14.1. The van der Waals surface area contributed by atoms with Crippen LogP contribution in [0.1, 0.15) is 70.1 Å². The number of unbranched alkanes of at least 4 members (excludes halogenated alkanes) is 3. The molecule has 0 aromatic heterocycles. The van der Waals surface area contributed by atoms with Crippen LogP contribution in [0.2, 0.25) is 0 Å². The van der Waals surface area contributed by atoms with Gasteiger partial charge in [0.15, 0.2) is 0 Å². The first kappa shape index (κ1) is 26.2. The van der Waals surface area contributed by atoms with E-state index in [4.69, 9.17) is 14.2 Å². The summed E-state index contributed by atoms with van der Waals surface area (Å²) in [6.07, 6.45) is 6.09. The van der Waals surface area contributed by atoms with Crippen molar-refractivity contribution < 1.29 is 23.8 Å². The Bertz CT molecular complexity index is 886. The molecule has 0 radical (unpaired) electrons. The number of esters is 2. The molecular formula is C28H36O5. The molecular weight excluding hydrogens is 416 g/mol. The number of hydrogen-bond donors (Lipinski definition) is 0. The van der Waals surface area contributed by atoms with E-state index in [1.54, 1.807) is 20.1 Å². The number of hydrogen-bond acceptors (Lipinski definition) is 5. The van der Waals surface area contributed by atoms with Gasteiger partial charge < -0.3 is 14.2 Å². The largest absolute Gasteiger partial charge is 0.497 e. The molecule has 2 rings (SSSR count). The third kappa shape index (κ3) is 8.41. The third-order valence-electron chi connectivity index (χ3n) is 5.54. The first-order valence-corrected chi connectivity index (χ1v) is 11.7. The van der Waals surface area contributed by atoms with Gasteiger partial charge >= 0.3 is 11.9 Å². The van der Waals surface area contributed by atoms with Gasteiger partial charge in [0.1, 0.15) is 11.9 Å². The predicted octanol–water partition coefficient (Wildman–Crippen LogP) is 6.53. The molecule has 2 atom stereocenters. The number of methoxy groups -OCH3 is 1. The monoisotopic (exact) mass is 452 g/mol. The number of benzene rings is 2. The van der Waals surface area contributed by atoms with Crippen LogP contribution in [0.5, 0.6) is 5.75 Å². The van der Waals surface area contributed by atoms with Gasteiger partial charge in [-0.2, -0.15) is 0 Å². The fourth-order valence-electron chi connectivity index (χ4n) is 3.96. The third-order valence-corrected chi connectivity index (χ3v) is 5.54. The highest BCUT2D eigenvalue weighted by Crippen LogP contribution is 2.40. The summed E-state index contributed by atoms with van der Waals surface area (Å²) in [5.41, 5.74) is 2.57. The SMILES string of the molecule is CCCCCC[C@@H](/C(=C/C(=O)OCC)c1ccc(OC)cc1)[C@@H](OC(C)=O)c1ccccc1. The molecule has 0 fully saturated rings. The maximum absolute atomic E-state index is 12.6. The Labute approximate surface area is 197 Å². The Hall–Kier alpha value is -3.08. The van der Waals surface area contributed by atoms with Crippen molar-refractivity contribution in [3.8, 4) is 5.75 Å². The second-order valence-electron chi connectivity index (χ2n) is 7.98. The van der Waals surface area contributed by atoms with Crippen LogP contribution in [-0.2, 0) is 19.1 Å². The molecule has 0 bridgehead atoms. The summed E-state index contributed by atoms with van der Waals surface area (Å²) in [4.78, 5) is 24.7. The molecule has 0 heterocycles. The van der Waals surface area contributed by atoms with Gasteiger partial charge in [-0.05, 0) is 42.2 Å². The topological polar surface area (TPSA) is 61.8 Å². The van der Waals surface area contributed by atoms with E-state index in [2.05, 4.69) is 6.92 Å². The molecule has 0 aliphatic rings. The molecule has 5 heteroatoms. The Morgan fingerprint density at radius 2 is 1.64 bits per heavy atom. The lowest BCUT2D eigenvalue weighted by atomic mass is 9.81. The summed E-state index contributed by atoms with van der Waals surface area (Å²) in [6.45, 7) is 5.67. The minimum absolute atomic E-state index is 0.217.